The first-order valence-corrected chi connectivity index (χ1v) is 3.48. The normalized spacial score (nSPS) is 8.38. The van der Waals surface area contributed by atoms with Crippen molar-refractivity contribution in [3.8, 4) is 11.8 Å². The van der Waals surface area contributed by atoms with Crippen molar-refractivity contribution in [2.45, 2.75) is 0 Å². The molecule has 3 heteroatoms. The zero-order valence-electron chi connectivity index (χ0n) is 6.58. The third kappa shape index (κ3) is 2.24. The van der Waals surface area contributed by atoms with Crippen LogP contribution < -0.4 is 0 Å². The summed E-state index contributed by atoms with van der Waals surface area (Å²) in [5.41, 5.74) is 0.383. The highest BCUT2D eigenvalue weighted by molar-refractivity contribution is 5.77. The topological polar surface area (TPSA) is 34.1 Å². The predicted octanol–water partition coefficient (Wildman–Crippen LogP) is 1.19. The summed E-state index contributed by atoms with van der Waals surface area (Å²) in [5, 5.41) is 0. The van der Waals surface area contributed by atoms with E-state index in [-0.39, 0.29) is 5.56 Å². The van der Waals surface area contributed by atoms with Gasteiger partial charge < -0.3 is 0 Å². The fourth-order valence-electron chi connectivity index (χ4n) is 0.825. The Hall–Kier alpha value is -1.95. The minimum atomic E-state index is -0.591. The molecular formula is C10H5FO2. The lowest BCUT2D eigenvalue weighted by atomic mass is 10.1. The summed E-state index contributed by atoms with van der Waals surface area (Å²) in [7, 11) is 0. The van der Waals surface area contributed by atoms with Crippen LogP contribution in [0.3, 0.4) is 0 Å². The van der Waals surface area contributed by atoms with E-state index in [0.717, 1.165) is 6.07 Å². The Morgan fingerprint density at radius 2 is 2.08 bits per heavy atom. The molecule has 0 unspecified atom stereocenters. The Kier molecular flexibility index (Phi) is 2.93. The van der Waals surface area contributed by atoms with Gasteiger partial charge >= 0.3 is 0 Å². The lowest BCUT2D eigenvalue weighted by Crippen LogP contribution is -1.88. The maximum Gasteiger partial charge on any atom is 0.193 e. The highest BCUT2D eigenvalue weighted by Gasteiger charge is 1.99. The number of hydrogen-bond donors (Lipinski definition) is 0. The van der Waals surface area contributed by atoms with Gasteiger partial charge in [0.1, 0.15) is 5.82 Å². The fraction of sp³-hybridized carbons (Fsp3) is 0. The summed E-state index contributed by atoms with van der Waals surface area (Å²) in [6.07, 6.45) is 0.839. The van der Waals surface area contributed by atoms with E-state index in [9.17, 15) is 14.0 Å². The number of hydrogen-bond acceptors (Lipinski definition) is 2. The number of benzene rings is 1. The number of halogens is 1. The molecule has 64 valence electrons. The van der Waals surface area contributed by atoms with Crippen molar-refractivity contribution in [1.82, 2.24) is 0 Å². The zero-order valence-corrected chi connectivity index (χ0v) is 6.58. The van der Waals surface area contributed by atoms with E-state index in [4.69, 9.17) is 0 Å². The second-order valence-corrected chi connectivity index (χ2v) is 2.24. The third-order valence-corrected chi connectivity index (χ3v) is 1.40. The van der Waals surface area contributed by atoms with Crippen LogP contribution in [0.4, 0.5) is 4.39 Å². The van der Waals surface area contributed by atoms with Gasteiger partial charge in [-0.1, -0.05) is 5.92 Å². The Morgan fingerprint density at radius 1 is 1.31 bits per heavy atom. The van der Waals surface area contributed by atoms with Gasteiger partial charge in [-0.05, 0) is 24.1 Å². The molecule has 1 rings (SSSR count). The average molecular weight is 176 g/mol. The second-order valence-electron chi connectivity index (χ2n) is 2.24. The van der Waals surface area contributed by atoms with E-state index in [1.165, 1.54) is 12.1 Å². The van der Waals surface area contributed by atoms with Crippen LogP contribution in [0, 0.1) is 17.7 Å². The van der Waals surface area contributed by atoms with Crippen LogP contribution in [0.1, 0.15) is 15.9 Å². The van der Waals surface area contributed by atoms with Crippen molar-refractivity contribution in [3.05, 3.63) is 35.1 Å². The smallest absolute Gasteiger partial charge is 0.193 e. The van der Waals surface area contributed by atoms with E-state index < -0.39 is 5.82 Å². The van der Waals surface area contributed by atoms with Gasteiger partial charge in [0.2, 0.25) is 0 Å². The fourth-order valence-corrected chi connectivity index (χ4v) is 0.825. The first kappa shape index (κ1) is 9.14. The summed E-state index contributed by atoms with van der Waals surface area (Å²) in [6.45, 7) is 0. The molecule has 0 fully saturated rings. The molecule has 0 N–H and O–H groups in total. The zero-order chi connectivity index (χ0) is 9.68. The number of aldehydes is 2. The van der Waals surface area contributed by atoms with Gasteiger partial charge in [-0.3, -0.25) is 9.59 Å². The minimum Gasteiger partial charge on any atom is -0.298 e. The molecule has 0 aliphatic carbocycles. The standard InChI is InChI=1S/C10H5FO2/c11-10-4-3-8(2-1-5-12)6-9(10)7-13/h3-7H. The molecule has 13 heavy (non-hydrogen) atoms. The highest BCUT2D eigenvalue weighted by Crippen LogP contribution is 2.07. The Labute approximate surface area is 74.4 Å². The van der Waals surface area contributed by atoms with Crippen molar-refractivity contribution in [2.75, 3.05) is 0 Å². The van der Waals surface area contributed by atoms with Gasteiger partial charge in [0.15, 0.2) is 12.6 Å². The number of carbonyl (C=O) groups is 2. The Bertz CT molecular complexity index is 399. The first-order valence-electron chi connectivity index (χ1n) is 3.48. The van der Waals surface area contributed by atoms with Crippen molar-refractivity contribution in [2.24, 2.45) is 0 Å². The third-order valence-electron chi connectivity index (χ3n) is 1.40. The SMILES string of the molecule is O=CC#Cc1ccc(F)c(C=O)c1. The summed E-state index contributed by atoms with van der Waals surface area (Å²) < 4.78 is 12.7. The summed E-state index contributed by atoms with van der Waals surface area (Å²) in [6, 6.07) is 3.83. The molecule has 0 radical (unpaired) electrons. The number of carbonyl (C=O) groups excluding carboxylic acids is 2. The van der Waals surface area contributed by atoms with Crippen LogP contribution in [0.15, 0.2) is 18.2 Å². The molecule has 0 aliphatic heterocycles. The Morgan fingerprint density at radius 3 is 2.69 bits per heavy atom. The van der Waals surface area contributed by atoms with E-state index in [1.54, 1.807) is 0 Å². The highest BCUT2D eigenvalue weighted by atomic mass is 19.1. The lowest BCUT2D eigenvalue weighted by Gasteiger charge is -1.94. The van der Waals surface area contributed by atoms with Crippen molar-refractivity contribution in [3.63, 3.8) is 0 Å². The van der Waals surface area contributed by atoms with Crippen LogP contribution in [0.25, 0.3) is 0 Å². The van der Waals surface area contributed by atoms with Crippen molar-refractivity contribution >= 4 is 12.6 Å². The first-order chi connectivity index (χ1) is 6.27. The molecule has 0 heterocycles. The molecule has 0 atom stereocenters. The van der Waals surface area contributed by atoms with Gasteiger partial charge in [0.25, 0.3) is 0 Å². The monoisotopic (exact) mass is 176 g/mol. The number of rotatable bonds is 1. The second kappa shape index (κ2) is 4.17. The molecule has 1 aromatic carbocycles. The lowest BCUT2D eigenvalue weighted by molar-refractivity contribution is -0.103. The molecule has 0 spiro atoms. The van der Waals surface area contributed by atoms with Gasteiger partial charge in [-0.15, -0.1) is 0 Å². The average Bonchev–Trinajstić information content (AvgIpc) is 2.16. The van der Waals surface area contributed by atoms with Crippen LogP contribution in [-0.4, -0.2) is 12.6 Å². The summed E-state index contributed by atoms with van der Waals surface area (Å²) in [5.74, 6) is 4.03. The summed E-state index contributed by atoms with van der Waals surface area (Å²) in [4.78, 5) is 20.2. The van der Waals surface area contributed by atoms with E-state index >= 15 is 0 Å². The molecule has 0 bridgehead atoms. The van der Waals surface area contributed by atoms with Crippen LogP contribution >= 0.6 is 0 Å². The molecule has 0 amide bonds. The van der Waals surface area contributed by atoms with E-state index in [2.05, 4.69) is 11.8 Å². The molecule has 0 saturated carbocycles. The van der Waals surface area contributed by atoms with Crippen molar-refractivity contribution < 1.29 is 14.0 Å². The van der Waals surface area contributed by atoms with Crippen LogP contribution in [0.2, 0.25) is 0 Å². The quantitative estimate of drug-likeness (QED) is 0.475. The minimum absolute atomic E-state index is 0.0577. The van der Waals surface area contributed by atoms with Crippen LogP contribution in [0.5, 0.6) is 0 Å². The maximum atomic E-state index is 12.7. The van der Waals surface area contributed by atoms with Gasteiger partial charge in [0, 0.05) is 5.56 Å². The predicted molar refractivity (Wildman–Crippen MR) is 44.7 cm³/mol. The largest absolute Gasteiger partial charge is 0.298 e. The van der Waals surface area contributed by atoms with Gasteiger partial charge in [0.05, 0.1) is 5.56 Å². The van der Waals surface area contributed by atoms with Crippen molar-refractivity contribution in [1.29, 1.82) is 0 Å². The molecule has 0 saturated heterocycles. The maximum absolute atomic E-state index is 12.7. The summed E-state index contributed by atoms with van der Waals surface area (Å²) >= 11 is 0. The molecule has 0 aromatic heterocycles. The van der Waals surface area contributed by atoms with Gasteiger partial charge in [-0.2, -0.15) is 0 Å². The van der Waals surface area contributed by atoms with Crippen LogP contribution in [-0.2, 0) is 4.79 Å². The Balaban J connectivity index is 3.13. The van der Waals surface area contributed by atoms with E-state index in [1.807, 2.05) is 0 Å². The molecule has 1 aromatic rings. The molecule has 2 nitrogen and oxygen atoms in total. The van der Waals surface area contributed by atoms with E-state index in [0.29, 0.717) is 18.1 Å². The molecular weight excluding hydrogens is 171 g/mol. The van der Waals surface area contributed by atoms with Gasteiger partial charge in [-0.25, -0.2) is 4.39 Å². The molecule has 0 aliphatic rings.